The SMILES string of the molecule is CCOC(=O)C1=C(c2ccc(OC)nc2)C=C(Cl)CC1. The Kier molecular flexibility index (Phi) is 4.79. The summed E-state index contributed by atoms with van der Waals surface area (Å²) in [5.74, 6) is 0.233. The van der Waals surface area contributed by atoms with Crippen LogP contribution in [0, 0.1) is 0 Å². The second kappa shape index (κ2) is 6.57. The summed E-state index contributed by atoms with van der Waals surface area (Å²) in [5, 5.41) is 0.726. The minimum absolute atomic E-state index is 0.293. The van der Waals surface area contributed by atoms with Crippen LogP contribution in [0.25, 0.3) is 5.57 Å². The van der Waals surface area contributed by atoms with Gasteiger partial charge in [0, 0.05) is 28.4 Å². The Morgan fingerprint density at radius 3 is 2.80 bits per heavy atom. The Labute approximate surface area is 123 Å². The smallest absolute Gasteiger partial charge is 0.334 e. The number of ether oxygens (including phenoxy) is 2. The lowest BCUT2D eigenvalue weighted by atomic mass is 9.93. The van der Waals surface area contributed by atoms with Gasteiger partial charge in [-0.1, -0.05) is 11.6 Å². The van der Waals surface area contributed by atoms with Crippen LogP contribution < -0.4 is 4.74 Å². The molecule has 0 saturated heterocycles. The fraction of sp³-hybridized carbons (Fsp3) is 0.333. The molecule has 0 saturated carbocycles. The Bertz CT molecular complexity index is 561. The van der Waals surface area contributed by atoms with Crippen LogP contribution in [-0.4, -0.2) is 24.7 Å². The van der Waals surface area contributed by atoms with Gasteiger partial charge in [-0.2, -0.15) is 0 Å². The van der Waals surface area contributed by atoms with Crippen LogP contribution in [0.15, 0.2) is 35.0 Å². The van der Waals surface area contributed by atoms with Crippen molar-refractivity contribution in [3.63, 3.8) is 0 Å². The predicted molar refractivity (Wildman–Crippen MR) is 77.5 cm³/mol. The summed E-state index contributed by atoms with van der Waals surface area (Å²) in [6, 6.07) is 3.60. The maximum absolute atomic E-state index is 12.0. The Morgan fingerprint density at radius 1 is 1.40 bits per heavy atom. The van der Waals surface area contributed by atoms with E-state index >= 15 is 0 Å². The number of hydrogen-bond acceptors (Lipinski definition) is 4. The molecule has 0 N–H and O–H groups in total. The van der Waals surface area contributed by atoms with Gasteiger partial charge in [0.2, 0.25) is 5.88 Å². The first-order valence-corrected chi connectivity index (χ1v) is 6.80. The van der Waals surface area contributed by atoms with Gasteiger partial charge in [0.15, 0.2) is 0 Å². The molecule has 2 rings (SSSR count). The number of halogens is 1. The third-order valence-electron chi connectivity index (χ3n) is 3.02. The summed E-state index contributed by atoms with van der Waals surface area (Å²) in [6.45, 7) is 2.15. The molecule has 1 heterocycles. The molecule has 4 nitrogen and oxygen atoms in total. The molecule has 0 aliphatic heterocycles. The van der Waals surface area contributed by atoms with Crippen molar-refractivity contribution in [1.82, 2.24) is 4.98 Å². The van der Waals surface area contributed by atoms with Gasteiger partial charge in [-0.05, 0) is 37.5 Å². The summed E-state index contributed by atoms with van der Waals surface area (Å²) in [6.07, 6.45) is 4.71. The number of carbonyl (C=O) groups excluding carboxylic acids is 1. The van der Waals surface area contributed by atoms with Gasteiger partial charge in [-0.3, -0.25) is 0 Å². The molecule has 0 bridgehead atoms. The van der Waals surface area contributed by atoms with Crippen molar-refractivity contribution in [2.24, 2.45) is 0 Å². The van der Waals surface area contributed by atoms with Crippen LogP contribution in [0.5, 0.6) is 5.88 Å². The van der Waals surface area contributed by atoms with E-state index in [1.807, 2.05) is 6.07 Å². The van der Waals surface area contributed by atoms with Gasteiger partial charge in [0.25, 0.3) is 0 Å². The normalized spacial score (nSPS) is 14.8. The number of esters is 1. The van der Waals surface area contributed by atoms with E-state index in [2.05, 4.69) is 4.98 Å². The fourth-order valence-electron chi connectivity index (χ4n) is 2.04. The van der Waals surface area contributed by atoms with Gasteiger partial charge in [-0.15, -0.1) is 0 Å². The third kappa shape index (κ3) is 3.20. The van der Waals surface area contributed by atoms with Gasteiger partial charge in [-0.25, -0.2) is 9.78 Å². The largest absolute Gasteiger partial charge is 0.481 e. The standard InChI is InChI=1S/C15H16ClNO3/c1-3-20-15(18)12-6-5-11(16)8-13(12)10-4-7-14(19-2)17-9-10/h4,7-9H,3,5-6H2,1-2H3. The van der Waals surface area contributed by atoms with E-state index in [4.69, 9.17) is 21.1 Å². The van der Waals surface area contributed by atoms with Crippen LogP contribution in [0.2, 0.25) is 0 Å². The van der Waals surface area contributed by atoms with Crippen molar-refractivity contribution in [1.29, 1.82) is 0 Å². The van der Waals surface area contributed by atoms with Crippen LogP contribution >= 0.6 is 11.6 Å². The summed E-state index contributed by atoms with van der Waals surface area (Å²) >= 11 is 6.10. The number of rotatable bonds is 4. The van der Waals surface area contributed by atoms with Crippen LogP contribution in [0.4, 0.5) is 0 Å². The van der Waals surface area contributed by atoms with E-state index in [1.54, 1.807) is 32.4 Å². The minimum atomic E-state index is -0.293. The molecule has 0 atom stereocenters. The molecule has 1 aliphatic rings. The van der Waals surface area contributed by atoms with E-state index in [0.717, 1.165) is 16.2 Å². The van der Waals surface area contributed by atoms with Gasteiger partial charge in [0.05, 0.1) is 13.7 Å². The van der Waals surface area contributed by atoms with Crippen molar-refractivity contribution in [2.75, 3.05) is 13.7 Å². The summed E-state index contributed by atoms with van der Waals surface area (Å²) < 4.78 is 10.1. The van der Waals surface area contributed by atoms with Crippen molar-refractivity contribution in [3.8, 4) is 5.88 Å². The highest BCUT2D eigenvalue weighted by molar-refractivity contribution is 6.30. The van der Waals surface area contributed by atoms with E-state index in [1.165, 1.54) is 0 Å². The second-order valence-electron chi connectivity index (χ2n) is 4.29. The van der Waals surface area contributed by atoms with E-state index in [0.29, 0.717) is 30.9 Å². The highest BCUT2D eigenvalue weighted by Gasteiger charge is 2.21. The first-order valence-electron chi connectivity index (χ1n) is 6.42. The zero-order valence-electron chi connectivity index (χ0n) is 11.5. The Balaban J connectivity index is 2.42. The van der Waals surface area contributed by atoms with Crippen LogP contribution in [0.3, 0.4) is 0 Å². The highest BCUT2D eigenvalue weighted by atomic mass is 35.5. The summed E-state index contributed by atoms with van der Waals surface area (Å²) in [5.41, 5.74) is 2.24. The monoisotopic (exact) mass is 293 g/mol. The number of carbonyl (C=O) groups is 1. The molecule has 20 heavy (non-hydrogen) atoms. The van der Waals surface area contributed by atoms with E-state index in [9.17, 15) is 4.79 Å². The molecule has 0 unspecified atom stereocenters. The van der Waals surface area contributed by atoms with Crippen molar-refractivity contribution in [3.05, 3.63) is 40.6 Å². The number of aromatic nitrogens is 1. The maximum atomic E-state index is 12.0. The second-order valence-corrected chi connectivity index (χ2v) is 4.78. The van der Waals surface area contributed by atoms with Gasteiger partial charge < -0.3 is 9.47 Å². The van der Waals surface area contributed by atoms with Crippen molar-refractivity contribution in [2.45, 2.75) is 19.8 Å². The third-order valence-corrected chi connectivity index (χ3v) is 3.32. The number of pyridine rings is 1. The molecular weight excluding hydrogens is 278 g/mol. The van der Waals surface area contributed by atoms with E-state index < -0.39 is 0 Å². The summed E-state index contributed by atoms with van der Waals surface area (Å²) in [7, 11) is 1.56. The molecule has 0 radical (unpaired) electrons. The minimum Gasteiger partial charge on any atom is -0.481 e. The number of nitrogens with zero attached hydrogens (tertiary/aromatic N) is 1. The first kappa shape index (κ1) is 14.6. The van der Waals surface area contributed by atoms with E-state index in [-0.39, 0.29) is 5.97 Å². The van der Waals surface area contributed by atoms with Gasteiger partial charge in [0.1, 0.15) is 0 Å². The quantitative estimate of drug-likeness (QED) is 0.799. The molecule has 1 aromatic heterocycles. The van der Waals surface area contributed by atoms with Crippen molar-refractivity contribution >= 4 is 23.1 Å². The van der Waals surface area contributed by atoms with Crippen LogP contribution in [-0.2, 0) is 9.53 Å². The highest BCUT2D eigenvalue weighted by Crippen LogP contribution is 2.33. The molecular formula is C15H16ClNO3. The number of allylic oxidation sites excluding steroid dienone is 3. The Morgan fingerprint density at radius 2 is 2.20 bits per heavy atom. The fourth-order valence-corrected chi connectivity index (χ4v) is 2.25. The lowest BCUT2D eigenvalue weighted by molar-refractivity contribution is -0.138. The summed E-state index contributed by atoms with van der Waals surface area (Å²) in [4.78, 5) is 16.2. The maximum Gasteiger partial charge on any atom is 0.334 e. The number of methoxy groups -OCH3 is 1. The zero-order valence-corrected chi connectivity index (χ0v) is 12.2. The lowest BCUT2D eigenvalue weighted by Crippen LogP contribution is -2.12. The average molecular weight is 294 g/mol. The molecule has 106 valence electrons. The van der Waals surface area contributed by atoms with Gasteiger partial charge >= 0.3 is 5.97 Å². The molecule has 1 aromatic rings. The number of hydrogen-bond donors (Lipinski definition) is 0. The lowest BCUT2D eigenvalue weighted by Gasteiger charge is -2.17. The average Bonchev–Trinajstić information content (AvgIpc) is 2.47. The molecule has 0 fully saturated rings. The molecule has 1 aliphatic carbocycles. The van der Waals surface area contributed by atoms with Crippen molar-refractivity contribution < 1.29 is 14.3 Å². The molecule has 0 spiro atoms. The molecule has 0 amide bonds. The zero-order chi connectivity index (χ0) is 14.5. The first-order chi connectivity index (χ1) is 9.65. The molecule has 5 heteroatoms. The Hall–Kier alpha value is -1.81. The topological polar surface area (TPSA) is 48.4 Å². The predicted octanol–water partition coefficient (Wildman–Crippen LogP) is 3.32. The van der Waals surface area contributed by atoms with Crippen LogP contribution in [0.1, 0.15) is 25.3 Å². The molecule has 0 aromatic carbocycles.